The molecule has 2 aliphatic rings. The first-order valence-electron chi connectivity index (χ1n) is 11.5. The molecule has 1 N–H and O–H groups in total. The van der Waals surface area contributed by atoms with Gasteiger partial charge in [0.15, 0.2) is 5.65 Å². The Morgan fingerprint density at radius 1 is 0.844 bits per heavy atom. The van der Waals surface area contributed by atoms with Crippen molar-refractivity contribution in [3.8, 4) is 0 Å². The van der Waals surface area contributed by atoms with Gasteiger partial charge in [0.25, 0.3) is 0 Å². The molecular weight excluding hydrogens is 394 g/mol. The molecule has 2 aromatic carbocycles. The molecule has 2 aliphatic heterocycles. The summed E-state index contributed by atoms with van der Waals surface area (Å²) in [7, 11) is 0. The fraction of sp³-hybridized carbons (Fsp3) is 0.259. The van der Waals surface area contributed by atoms with E-state index in [0.717, 1.165) is 56.6 Å². The van der Waals surface area contributed by atoms with Crippen molar-refractivity contribution in [2.24, 2.45) is 0 Å². The summed E-state index contributed by atoms with van der Waals surface area (Å²) < 4.78 is 2.12. The molecule has 5 nitrogen and oxygen atoms in total. The summed E-state index contributed by atoms with van der Waals surface area (Å²) in [5, 5.41) is 3.69. The number of pyridine rings is 1. The molecule has 4 aromatic rings. The maximum Gasteiger partial charge on any atom is 0.160 e. The molecule has 160 valence electrons. The number of aromatic nitrogens is 3. The van der Waals surface area contributed by atoms with Gasteiger partial charge >= 0.3 is 0 Å². The average Bonchev–Trinajstić information content (AvgIpc) is 3.14. The second-order valence-electron chi connectivity index (χ2n) is 8.82. The van der Waals surface area contributed by atoms with Gasteiger partial charge in [-0.15, -0.1) is 0 Å². The lowest BCUT2D eigenvalue weighted by atomic mass is 10.0. The number of hydrogen-bond acceptors (Lipinski definition) is 4. The minimum Gasteiger partial charge on any atom is -0.355 e. The Morgan fingerprint density at radius 2 is 1.62 bits per heavy atom. The van der Waals surface area contributed by atoms with Crippen LogP contribution >= 0.6 is 0 Å². The number of nitrogens with zero attached hydrogens (tertiary/aromatic N) is 4. The normalized spacial score (nSPS) is 15.8. The van der Waals surface area contributed by atoms with E-state index in [9.17, 15) is 0 Å². The van der Waals surface area contributed by atoms with Gasteiger partial charge in [0.2, 0.25) is 0 Å². The summed E-state index contributed by atoms with van der Waals surface area (Å²) in [4.78, 5) is 11.5. The van der Waals surface area contributed by atoms with Crippen LogP contribution in [0.5, 0.6) is 0 Å². The summed E-state index contributed by atoms with van der Waals surface area (Å²) >= 11 is 0. The molecule has 32 heavy (non-hydrogen) atoms. The van der Waals surface area contributed by atoms with Crippen molar-refractivity contribution >= 4 is 22.5 Å². The van der Waals surface area contributed by atoms with E-state index in [1.54, 1.807) is 0 Å². The largest absolute Gasteiger partial charge is 0.355 e. The highest BCUT2D eigenvalue weighted by Gasteiger charge is 2.15. The molecule has 4 heterocycles. The summed E-state index contributed by atoms with van der Waals surface area (Å²) in [5.74, 6) is 0. The Morgan fingerprint density at radius 3 is 2.38 bits per heavy atom. The van der Waals surface area contributed by atoms with Crippen molar-refractivity contribution in [1.82, 2.24) is 19.4 Å². The summed E-state index contributed by atoms with van der Waals surface area (Å²) in [6.07, 6.45) is 11.5. The first-order valence-corrected chi connectivity index (χ1v) is 11.5. The first kappa shape index (κ1) is 19.3. The second kappa shape index (κ2) is 8.24. The van der Waals surface area contributed by atoms with Gasteiger partial charge in [0, 0.05) is 37.2 Å². The standard InChI is InChI=1S/C27H27N5/c1-2-13-31(14-3-1)17-20-6-10-24-22(15-20)8-9-23-16-21(7-11-25(23)30-24)18-32-19-29-26-5-4-12-28-27(26)32/h1-2,4-7,10-12,15-16,19,30H,3,8-9,13-14,17-18H2. The van der Waals surface area contributed by atoms with Crippen molar-refractivity contribution in [2.45, 2.75) is 32.4 Å². The van der Waals surface area contributed by atoms with Gasteiger partial charge in [-0.25, -0.2) is 9.97 Å². The summed E-state index contributed by atoms with van der Waals surface area (Å²) in [6, 6.07) is 17.6. The third-order valence-corrected chi connectivity index (χ3v) is 6.55. The highest BCUT2D eigenvalue weighted by atomic mass is 15.1. The monoisotopic (exact) mass is 421 g/mol. The molecule has 0 saturated carbocycles. The number of aryl methyl sites for hydroxylation is 2. The molecule has 0 atom stereocenters. The number of fused-ring (bicyclic) bond motifs is 3. The highest BCUT2D eigenvalue weighted by molar-refractivity contribution is 5.71. The van der Waals surface area contributed by atoms with Crippen molar-refractivity contribution in [3.05, 3.63) is 95.5 Å². The number of rotatable bonds is 4. The summed E-state index contributed by atoms with van der Waals surface area (Å²) in [5.41, 5.74) is 9.81. The third-order valence-electron chi connectivity index (χ3n) is 6.55. The van der Waals surface area contributed by atoms with Gasteiger partial charge in [-0.2, -0.15) is 0 Å². The van der Waals surface area contributed by atoms with Crippen molar-refractivity contribution in [2.75, 3.05) is 18.4 Å². The topological polar surface area (TPSA) is 46.0 Å². The number of nitrogens with one attached hydrogen (secondary N) is 1. The number of benzene rings is 2. The minimum absolute atomic E-state index is 0.780. The Bertz CT molecular complexity index is 1300. The Kier molecular flexibility index (Phi) is 4.96. The van der Waals surface area contributed by atoms with Crippen LogP contribution in [-0.4, -0.2) is 32.5 Å². The summed E-state index contributed by atoms with van der Waals surface area (Å²) in [6.45, 7) is 4.02. The molecular formula is C27H27N5. The fourth-order valence-corrected chi connectivity index (χ4v) is 4.86. The maximum absolute atomic E-state index is 4.50. The van der Waals surface area contributed by atoms with Gasteiger partial charge in [-0.3, -0.25) is 4.90 Å². The van der Waals surface area contributed by atoms with Crippen LogP contribution in [0.2, 0.25) is 0 Å². The zero-order valence-corrected chi connectivity index (χ0v) is 18.2. The van der Waals surface area contributed by atoms with Gasteiger partial charge in [-0.05, 0) is 65.8 Å². The average molecular weight is 422 g/mol. The van der Waals surface area contributed by atoms with Crippen molar-refractivity contribution < 1.29 is 0 Å². The predicted molar refractivity (Wildman–Crippen MR) is 129 cm³/mol. The Labute approximate surface area is 188 Å². The van der Waals surface area contributed by atoms with Gasteiger partial charge in [0.1, 0.15) is 5.52 Å². The number of anilines is 2. The molecule has 0 bridgehead atoms. The van der Waals surface area contributed by atoms with Crippen LogP contribution in [0.15, 0.2) is 73.2 Å². The van der Waals surface area contributed by atoms with E-state index >= 15 is 0 Å². The molecule has 0 unspecified atom stereocenters. The minimum atomic E-state index is 0.780. The first-order chi connectivity index (χ1) is 15.8. The van der Waals surface area contributed by atoms with E-state index in [-0.39, 0.29) is 0 Å². The van der Waals surface area contributed by atoms with E-state index in [2.05, 4.69) is 73.3 Å². The number of imidazole rings is 1. The zero-order valence-electron chi connectivity index (χ0n) is 18.2. The van der Waals surface area contributed by atoms with Gasteiger partial charge in [0.05, 0.1) is 12.9 Å². The van der Waals surface area contributed by atoms with Crippen molar-refractivity contribution in [3.63, 3.8) is 0 Å². The Balaban J connectivity index is 1.21. The zero-order chi connectivity index (χ0) is 21.3. The van der Waals surface area contributed by atoms with Crippen molar-refractivity contribution in [1.29, 1.82) is 0 Å². The van der Waals surface area contributed by atoms with Crippen LogP contribution in [0.25, 0.3) is 11.2 Å². The van der Waals surface area contributed by atoms with Gasteiger partial charge in [-0.1, -0.05) is 36.4 Å². The third kappa shape index (κ3) is 3.80. The quantitative estimate of drug-likeness (QED) is 0.467. The SMILES string of the molecule is C1=CCN(Cc2ccc3c(c2)CCc2cc(Cn4cnc5cccnc54)ccc2N3)CC1. The molecule has 0 aliphatic carbocycles. The van der Waals surface area contributed by atoms with Crippen LogP contribution in [0, 0.1) is 0 Å². The molecule has 0 fully saturated rings. The van der Waals surface area contributed by atoms with Crippen LogP contribution in [-0.2, 0) is 25.9 Å². The van der Waals surface area contributed by atoms with E-state index in [0.29, 0.717) is 0 Å². The molecule has 0 amide bonds. The van der Waals surface area contributed by atoms with E-state index in [1.165, 1.54) is 33.6 Å². The molecule has 6 rings (SSSR count). The molecule has 5 heteroatoms. The van der Waals surface area contributed by atoms with E-state index in [1.807, 2.05) is 24.7 Å². The lowest BCUT2D eigenvalue weighted by molar-refractivity contribution is 0.290. The van der Waals surface area contributed by atoms with Crippen LogP contribution < -0.4 is 5.32 Å². The Hall–Kier alpha value is -3.44. The van der Waals surface area contributed by atoms with Gasteiger partial charge < -0.3 is 9.88 Å². The van der Waals surface area contributed by atoms with Crippen LogP contribution in [0.4, 0.5) is 11.4 Å². The molecule has 2 aromatic heterocycles. The molecule has 0 saturated heterocycles. The predicted octanol–water partition coefficient (Wildman–Crippen LogP) is 5.08. The van der Waals surface area contributed by atoms with Crippen LogP contribution in [0.3, 0.4) is 0 Å². The second-order valence-corrected chi connectivity index (χ2v) is 8.82. The lowest BCUT2D eigenvalue weighted by Crippen LogP contribution is -2.26. The highest BCUT2D eigenvalue weighted by Crippen LogP contribution is 2.32. The number of hydrogen-bond donors (Lipinski definition) is 1. The molecule has 0 spiro atoms. The maximum atomic E-state index is 4.50. The van der Waals surface area contributed by atoms with Crippen LogP contribution in [0.1, 0.15) is 28.7 Å². The molecule has 0 radical (unpaired) electrons. The smallest absolute Gasteiger partial charge is 0.160 e. The van der Waals surface area contributed by atoms with E-state index in [4.69, 9.17) is 0 Å². The lowest BCUT2D eigenvalue weighted by Gasteiger charge is -2.23. The van der Waals surface area contributed by atoms with E-state index < -0.39 is 0 Å². The fourth-order valence-electron chi connectivity index (χ4n) is 4.86.